The highest BCUT2D eigenvalue weighted by atomic mass is 35.5. The highest BCUT2D eigenvalue weighted by Gasteiger charge is 2.36. The van der Waals surface area contributed by atoms with Gasteiger partial charge in [-0.15, -0.1) is 0 Å². The third-order valence-electron chi connectivity index (χ3n) is 3.84. The van der Waals surface area contributed by atoms with Crippen LogP contribution in [0.3, 0.4) is 0 Å². The van der Waals surface area contributed by atoms with E-state index in [1.165, 1.54) is 12.1 Å². The number of anilines is 1. The van der Waals surface area contributed by atoms with Crippen molar-refractivity contribution < 1.29 is 27.6 Å². The number of halogens is 4. The van der Waals surface area contributed by atoms with E-state index in [9.17, 15) is 27.6 Å². The Balaban J connectivity index is 1.70. The molecule has 3 rings (SSSR count). The molecule has 0 unspecified atom stereocenters. The Hall–Kier alpha value is -2.78. The Morgan fingerprint density at radius 1 is 1.14 bits per heavy atom. The smallest absolute Gasteiger partial charge is 0.325 e. The number of nitrogens with zero attached hydrogens (tertiary/aromatic N) is 1. The molecule has 1 heterocycles. The van der Waals surface area contributed by atoms with Gasteiger partial charge in [-0.2, -0.15) is 13.2 Å². The largest absolute Gasteiger partial charge is 0.416 e. The Morgan fingerprint density at radius 3 is 2.55 bits per heavy atom. The molecule has 0 atom stereocenters. The van der Waals surface area contributed by atoms with E-state index in [-0.39, 0.29) is 10.6 Å². The van der Waals surface area contributed by atoms with Gasteiger partial charge in [0.05, 0.1) is 10.5 Å². The molecule has 1 saturated heterocycles. The molecule has 0 bridgehead atoms. The number of nitrogens with one attached hydrogen (secondary N) is 1. The van der Waals surface area contributed by atoms with E-state index in [1.54, 1.807) is 24.3 Å². The first-order valence-electron chi connectivity index (χ1n) is 8.12. The second-order valence-electron chi connectivity index (χ2n) is 5.92. The average Bonchev–Trinajstić information content (AvgIpc) is 2.90. The number of carbonyl (C=O) groups excluding carboxylic acids is 3. The van der Waals surface area contributed by atoms with E-state index < -0.39 is 35.3 Å². The van der Waals surface area contributed by atoms with Crippen molar-refractivity contribution in [2.24, 2.45) is 0 Å². The van der Waals surface area contributed by atoms with Gasteiger partial charge in [0, 0.05) is 10.7 Å². The summed E-state index contributed by atoms with van der Waals surface area (Å²) in [6, 6.07) is 10.8. The fraction of sp³-hybridized carbons (Fsp3) is 0.105. The normalized spacial score (nSPS) is 15.9. The van der Waals surface area contributed by atoms with Crippen molar-refractivity contribution in [1.82, 2.24) is 4.90 Å². The van der Waals surface area contributed by atoms with Crippen molar-refractivity contribution in [2.75, 3.05) is 11.9 Å². The molecule has 5 nitrogen and oxygen atoms in total. The van der Waals surface area contributed by atoms with Crippen molar-refractivity contribution in [3.8, 4) is 0 Å². The molecule has 3 amide bonds. The number of imide groups is 1. The van der Waals surface area contributed by atoms with Crippen molar-refractivity contribution in [2.45, 2.75) is 6.18 Å². The number of carbonyl (C=O) groups is 3. The summed E-state index contributed by atoms with van der Waals surface area (Å²) >= 11 is 6.69. The van der Waals surface area contributed by atoms with Crippen LogP contribution in [0.1, 0.15) is 11.1 Å². The molecule has 2 aromatic carbocycles. The molecule has 1 aliphatic rings. The molecule has 0 radical (unpaired) electrons. The maximum absolute atomic E-state index is 12.8. The van der Waals surface area contributed by atoms with Gasteiger partial charge in [0.2, 0.25) is 5.91 Å². The molecule has 0 aliphatic carbocycles. The molecule has 29 heavy (non-hydrogen) atoms. The second kappa shape index (κ2) is 8.30. The first-order valence-corrected chi connectivity index (χ1v) is 9.31. The fourth-order valence-corrected chi connectivity index (χ4v) is 3.51. The first-order chi connectivity index (χ1) is 13.6. The lowest BCUT2D eigenvalue weighted by molar-refractivity contribution is -0.137. The van der Waals surface area contributed by atoms with Gasteiger partial charge < -0.3 is 5.32 Å². The zero-order valence-electron chi connectivity index (χ0n) is 14.5. The van der Waals surface area contributed by atoms with Crippen LogP contribution in [-0.4, -0.2) is 28.5 Å². The standard InChI is InChI=1S/C19H12ClF3N2O3S/c20-14-7-2-1-4-11(14)8-15-17(27)25(18(28)29-15)10-16(26)24-13-6-3-5-12(9-13)19(21,22)23/h1-9H,10H2,(H,24,26)/b15-8-. The minimum absolute atomic E-state index is 0.0926. The Labute approximate surface area is 172 Å². The van der Waals surface area contributed by atoms with Gasteiger partial charge in [-0.3, -0.25) is 19.3 Å². The number of rotatable bonds is 4. The highest BCUT2D eigenvalue weighted by Crippen LogP contribution is 2.33. The molecule has 10 heteroatoms. The van der Waals surface area contributed by atoms with Crippen LogP contribution >= 0.6 is 23.4 Å². The predicted molar refractivity (Wildman–Crippen MR) is 104 cm³/mol. The van der Waals surface area contributed by atoms with Gasteiger partial charge in [-0.05, 0) is 47.7 Å². The molecule has 0 aromatic heterocycles. The third kappa shape index (κ3) is 4.99. The molecule has 2 aromatic rings. The van der Waals surface area contributed by atoms with E-state index >= 15 is 0 Å². The Bertz CT molecular complexity index is 1020. The summed E-state index contributed by atoms with van der Waals surface area (Å²) in [5.74, 6) is -1.48. The summed E-state index contributed by atoms with van der Waals surface area (Å²) in [5.41, 5.74) is -0.486. The van der Waals surface area contributed by atoms with Crippen LogP contribution in [0.2, 0.25) is 5.02 Å². The van der Waals surface area contributed by atoms with Gasteiger partial charge in [0.25, 0.3) is 11.1 Å². The van der Waals surface area contributed by atoms with E-state index in [1.807, 2.05) is 0 Å². The molecule has 1 N–H and O–H groups in total. The number of alkyl halides is 3. The predicted octanol–water partition coefficient (Wildman–Crippen LogP) is 5.03. The Kier molecular flexibility index (Phi) is 5.99. The van der Waals surface area contributed by atoms with Crippen LogP contribution in [0.25, 0.3) is 6.08 Å². The van der Waals surface area contributed by atoms with Crippen LogP contribution in [0.15, 0.2) is 53.4 Å². The van der Waals surface area contributed by atoms with Gasteiger partial charge >= 0.3 is 6.18 Å². The van der Waals surface area contributed by atoms with Crippen LogP contribution in [0.5, 0.6) is 0 Å². The zero-order chi connectivity index (χ0) is 21.2. The molecular weight excluding hydrogens is 429 g/mol. The SMILES string of the molecule is O=C(CN1C(=O)S/C(=C\c2ccccc2Cl)C1=O)Nc1cccc(C(F)(F)F)c1. The lowest BCUT2D eigenvalue weighted by Gasteiger charge is -2.13. The lowest BCUT2D eigenvalue weighted by atomic mass is 10.2. The molecule has 150 valence electrons. The fourth-order valence-electron chi connectivity index (χ4n) is 2.49. The third-order valence-corrected chi connectivity index (χ3v) is 5.09. The van der Waals surface area contributed by atoms with Crippen molar-refractivity contribution >= 4 is 52.2 Å². The van der Waals surface area contributed by atoms with E-state index in [0.29, 0.717) is 22.3 Å². The van der Waals surface area contributed by atoms with Crippen molar-refractivity contribution in [1.29, 1.82) is 0 Å². The topological polar surface area (TPSA) is 66.5 Å². The second-order valence-corrected chi connectivity index (χ2v) is 7.32. The first kappa shape index (κ1) is 20.9. The van der Waals surface area contributed by atoms with Gasteiger partial charge in [0.1, 0.15) is 6.54 Å². The Morgan fingerprint density at radius 2 is 1.86 bits per heavy atom. The van der Waals surface area contributed by atoms with Crippen molar-refractivity contribution in [3.05, 3.63) is 69.6 Å². The number of benzene rings is 2. The summed E-state index contributed by atoms with van der Waals surface area (Å²) in [4.78, 5) is 37.5. The summed E-state index contributed by atoms with van der Waals surface area (Å²) in [5, 5.41) is 1.99. The highest BCUT2D eigenvalue weighted by molar-refractivity contribution is 8.18. The van der Waals surface area contributed by atoms with Crippen LogP contribution < -0.4 is 5.32 Å². The summed E-state index contributed by atoms with van der Waals surface area (Å²) in [7, 11) is 0. The van der Waals surface area contributed by atoms with Crippen LogP contribution in [0, 0.1) is 0 Å². The van der Waals surface area contributed by atoms with Gasteiger partial charge in [0.15, 0.2) is 0 Å². The monoisotopic (exact) mass is 440 g/mol. The quantitative estimate of drug-likeness (QED) is 0.677. The van der Waals surface area contributed by atoms with E-state index in [2.05, 4.69) is 5.32 Å². The number of amides is 3. The van der Waals surface area contributed by atoms with E-state index in [0.717, 1.165) is 23.1 Å². The van der Waals surface area contributed by atoms with Crippen LogP contribution in [0.4, 0.5) is 23.7 Å². The molecule has 0 saturated carbocycles. The average molecular weight is 441 g/mol. The minimum atomic E-state index is -4.56. The summed E-state index contributed by atoms with van der Waals surface area (Å²) < 4.78 is 38.3. The maximum Gasteiger partial charge on any atom is 0.416 e. The maximum atomic E-state index is 12.8. The van der Waals surface area contributed by atoms with Crippen molar-refractivity contribution in [3.63, 3.8) is 0 Å². The molecular formula is C19H12ClF3N2O3S. The molecule has 1 aliphatic heterocycles. The number of thioether (sulfide) groups is 1. The zero-order valence-corrected chi connectivity index (χ0v) is 16.1. The summed E-state index contributed by atoms with van der Waals surface area (Å²) in [6.45, 7) is -0.624. The van der Waals surface area contributed by atoms with E-state index in [4.69, 9.17) is 11.6 Å². The molecule has 1 fully saturated rings. The van der Waals surface area contributed by atoms with Gasteiger partial charge in [-0.1, -0.05) is 35.9 Å². The summed E-state index contributed by atoms with van der Waals surface area (Å²) in [6.07, 6.45) is -3.12. The lowest BCUT2D eigenvalue weighted by Crippen LogP contribution is -2.36. The minimum Gasteiger partial charge on any atom is -0.325 e. The molecule has 0 spiro atoms. The number of hydrogen-bond acceptors (Lipinski definition) is 4. The van der Waals surface area contributed by atoms with Gasteiger partial charge in [-0.25, -0.2) is 0 Å². The van der Waals surface area contributed by atoms with Crippen LogP contribution in [-0.2, 0) is 15.8 Å². The number of hydrogen-bond donors (Lipinski definition) is 1.